The van der Waals surface area contributed by atoms with E-state index in [1.165, 1.54) is 0 Å². The van der Waals surface area contributed by atoms with Gasteiger partial charge < -0.3 is 4.90 Å². The number of aromatic nitrogens is 3. The molecule has 0 bridgehead atoms. The Balaban J connectivity index is 1.63. The molecule has 132 valence electrons. The molecule has 2 heterocycles. The molecule has 0 radical (unpaired) electrons. The van der Waals surface area contributed by atoms with E-state index in [9.17, 15) is 4.79 Å². The second-order valence-corrected chi connectivity index (χ2v) is 6.94. The van der Waals surface area contributed by atoms with Crippen LogP contribution in [0.1, 0.15) is 17.6 Å². The summed E-state index contributed by atoms with van der Waals surface area (Å²) in [4.78, 5) is 15.0. The lowest BCUT2D eigenvalue weighted by molar-refractivity contribution is -0.129. The van der Waals surface area contributed by atoms with Gasteiger partial charge >= 0.3 is 0 Å². The number of halogens is 1. The summed E-state index contributed by atoms with van der Waals surface area (Å²) in [5.41, 5.74) is 3.50. The van der Waals surface area contributed by atoms with Gasteiger partial charge in [-0.3, -0.25) is 4.79 Å². The quantitative estimate of drug-likeness (QED) is 0.499. The second kappa shape index (κ2) is 6.21. The van der Waals surface area contributed by atoms with Crippen LogP contribution < -0.4 is 4.90 Å². The number of β-lactam (4-membered cyclic amide) rings is 1. The smallest absolute Gasteiger partial charge is 0.255 e. The first-order valence-corrected chi connectivity index (χ1v) is 9.05. The predicted molar refractivity (Wildman–Crippen MR) is 105 cm³/mol. The number of para-hydroxylation sites is 1. The molecule has 1 amide bonds. The SMILES string of the molecule is O=C1[C@H](n2nnc3ccccc32)[C@@H](c2ccccc2)N1c1ccc(Cl)cc1. The molecule has 3 aromatic carbocycles. The predicted octanol–water partition coefficient (Wildman–Crippen LogP) is 4.41. The number of nitrogens with zero attached hydrogens (tertiary/aromatic N) is 4. The van der Waals surface area contributed by atoms with Crippen molar-refractivity contribution in [2.24, 2.45) is 0 Å². The molecule has 0 spiro atoms. The lowest BCUT2D eigenvalue weighted by atomic mass is 9.87. The van der Waals surface area contributed by atoms with Gasteiger partial charge in [-0.1, -0.05) is 59.3 Å². The summed E-state index contributed by atoms with van der Waals surface area (Å²) in [6.45, 7) is 0. The maximum Gasteiger partial charge on any atom is 0.255 e. The minimum Gasteiger partial charge on any atom is -0.300 e. The van der Waals surface area contributed by atoms with Crippen LogP contribution >= 0.6 is 11.6 Å². The van der Waals surface area contributed by atoms with E-state index < -0.39 is 6.04 Å². The molecule has 4 aromatic rings. The number of fused-ring (bicyclic) bond motifs is 1. The van der Waals surface area contributed by atoms with E-state index in [2.05, 4.69) is 10.3 Å². The Morgan fingerprint density at radius 3 is 2.30 bits per heavy atom. The minimum atomic E-state index is -0.435. The van der Waals surface area contributed by atoms with Crippen molar-refractivity contribution in [3.8, 4) is 0 Å². The van der Waals surface area contributed by atoms with Gasteiger partial charge in [0.25, 0.3) is 5.91 Å². The lowest BCUT2D eigenvalue weighted by Gasteiger charge is -2.47. The molecule has 5 nitrogen and oxygen atoms in total. The van der Waals surface area contributed by atoms with Crippen molar-refractivity contribution in [3.05, 3.63) is 89.4 Å². The van der Waals surface area contributed by atoms with Gasteiger partial charge in [0.2, 0.25) is 0 Å². The van der Waals surface area contributed by atoms with Gasteiger partial charge in [0.1, 0.15) is 5.52 Å². The van der Waals surface area contributed by atoms with E-state index in [-0.39, 0.29) is 11.9 Å². The third kappa shape index (κ3) is 2.51. The molecule has 1 saturated heterocycles. The molecule has 1 aromatic heterocycles. The Labute approximate surface area is 160 Å². The second-order valence-electron chi connectivity index (χ2n) is 6.51. The van der Waals surface area contributed by atoms with E-state index in [1.807, 2.05) is 66.7 Å². The van der Waals surface area contributed by atoms with Crippen LogP contribution in [-0.4, -0.2) is 20.9 Å². The van der Waals surface area contributed by atoms with Gasteiger partial charge in [-0.2, -0.15) is 0 Å². The monoisotopic (exact) mass is 374 g/mol. The summed E-state index contributed by atoms with van der Waals surface area (Å²) in [6, 6.07) is 24.4. The summed E-state index contributed by atoms with van der Waals surface area (Å²) in [5, 5.41) is 9.14. The summed E-state index contributed by atoms with van der Waals surface area (Å²) in [7, 11) is 0. The van der Waals surface area contributed by atoms with Gasteiger partial charge in [-0.25, -0.2) is 4.68 Å². The molecule has 0 saturated carbocycles. The number of benzene rings is 3. The van der Waals surface area contributed by atoms with Gasteiger partial charge in [-0.05, 0) is 42.0 Å². The van der Waals surface area contributed by atoms with E-state index in [4.69, 9.17) is 11.6 Å². The maximum absolute atomic E-state index is 13.2. The van der Waals surface area contributed by atoms with Crippen LogP contribution in [0, 0.1) is 0 Å². The van der Waals surface area contributed by atoms with Crippen molar-refractivity contribution in [2.75, 3.05) is 4.90 Å². The number of anilines is 1. The van der Waals surface area contributed by atoms with Crippen molar-refractivity contribution in [2.45, 2.75) is 12.1 Å². The first-order chi connectivity index (χ1) is 13.2. The van der Waals surface area contributed by atoms with E-state index in [0.29, 0.717) is 5.02 Å². The fourth-order valence-corrected chi connectivity index (χ4v) is 3.80. The minimum absolute atomic E-state index is 0.0122. The van der Waals surface area contributed by atoms with Crippen LogP contribution in [0.5, 0.6) is 0 Å². The van der Waals surface area contributed by atoms with Crippen LogP contribution in [0.4, 0.5) is 5.69 Å². The molecule has 0 unspecified atom stereocenters. The first kappa shape index (κ1) is 16.0. The highest BCUT2D eigenvalue weighted by atomic mass is 35.5. The summed E-state index contributed by atoms with van der Waals surface area (Å²) < 4.78 is 1.74. The largest absolute Gasteiger partial charge is 0.300 e. The van der Waals surface area contributed by atoms with Gasteiger partial charge in [-0.15, -0.1) is 5.10 Å². The maximum atomic E-state index is 13.2. The number of amides is 1. The van der Waals surface area contributed by atoms with Crippen LogP contribution in [0.2, 0.25) is 5.02 Å². The normalized spacial score (nSPS) is 19.3. The van der Waals surface area contributed by atoms with Gasteiger partial charge in [0.15, 0.2) is 6.04 Å². The molecular weight excluding hydrogens is 360 g/mol. The van der Waals surface area contributed by atoms with Crippen molar-refractivity contribution in [3.63, 3.8) is 0 Å². The first-order valence-electron chi connectivity index (χ1n) is 8.67. The number of hydrogen-bond acceptors (Lipinski definition) is 3. The molecule has 27 heavy (non-hydrogen) atoms. The highest BCUT2D eigenvalue weighted by molar-refractivity contribution is 6.30. The molecular formula is C21H15ClN4O. The van der Waals surface area contributed by atoms with Crippen LogP contribution in [0.25, 0.3) is 11.0 Å². The van der Waals surface area contributed by atoms with Crippen LogP contribution in [0.3, 0.4) is 0 Å². The fraction of sp³-hybridized carbons (Fsp3) is 0.0952. The molecule has 1 aliphatic rings. The highest BCUT2D eigenvalue weighted by Gasteiger charge is 2.51. The molecule has 5 rings (SSSR count). The van der Waals surface area contributed by atoms with Crippen molar-refractivity contribution in [1.82, 2.24) is 15.0 Å². The Kier molecular flexibility index (Phi) is 3.69. The Hall–Kier alpha value is -3.18. The van der Waals surface area contributed by atoms with E-state index in [1.54, 1.807) is 21.7 Å². The molecule has 0 aliphatic carbocycles. The Morgan fingerprint density at radius 2 is 1.52 bits per heavy atom. The average molecular weight is 375 g/mol. The summed E-state index contributed by atoms with van der Waals surface area (Å²) in [6.07, 6.45) is 0. The molecule has 2 atom stereocenters. The van der Waals surface area contributed by atoms with Crippen LogP contribution in [0.15, 0.2) is 78.9 Å². The van der Waals surface area contributed by atoms with Gasteiger partial charge in [0, 0.05) is 10.7 Å². The lowest BCUT2D eigenvalue weighted by Crippen LogP contribution is -2.56. The number of carbonyl (C=O) groups excluding carboxylic acids is 1. The number of carbonyl (C=O) groups is 1. The highest BCUT2D eigenvalue weighted by Crippen LogP contribution is 2.46. The molecule has 6 heteroatoms. The van der Waals surface area contributed by atoms with E-state index >= 15 is 0 Å². The number of hydrogen-bond donors (Lipinski definition) is 0. The third-order valence-electron chi connectivity index (χ3n) is 4.95. The zero-order valence-electron chi connectivity index (χ0n) is 14.2. The summed E-state index contributed by atoms with van der Waals surface area (Å²) in [5.74, 6) is -0.0122. The molecule has 1 fully saturated rings. The zero-order chi connectivity index (χ0) is 18.4. The topological polar surface area (TPSA) is 51.0 Å². The Morgan fingerprint density at radius 1 is 0.815 bits per heavy atom. The summed E-state index contributed by atoms with van der Waals surface area (Å²) >= 11 is 6.02. The average Bonchev–Trinajstić information content (AvgIpc) is 3.12. The molecule has 0 N–H and O–H groups in total. The van der Waals surface area contributed by atoms with Crippen molar-refractivity contribution in [1.29, 1.82) is 0 Å². The van der Waals surface area contributed by atoms with Crippen molar-refractivity contribution >= 4 is 34.2 Å². The van der Waals surface area contributed by atoms with E-state index in [0.717, 1.165) is 22.3 Å². The van der Waals surface area contributed by atoms with Crippen LogP contribution in [-0.2, 0) is 4.79 Å². The van der Waals surface area contributed by atoms with Crippen molar-refractivity contribution < 1.29 is 4.79 Å². The standard InChI is InChI=1S/C21H15ClN4O/c22-15-10-12-16(13-11-15)25-19(14-6-2-1-3-7-14)20(21(25)27)26-18-9-5-4-8-17(18)23-24-26/h1-13,19-20H/t19-,20-/m1/s1. The fourth-order valence-electron chi connectivity index (χ4n) is 3.68. The number of rotatable bonds is 3. The zero-order valence-corrected chi connectivity index (χ0v) is 15.0. The molecule has 1 aliphatic heterocycles. The third-order valence-corrected chi connectivity index (χ3v) is 5.21. The Bertz CT molecular complexity index is 1120. The van der Waals surface area contributed by atoms with Gasteiger partial charge in [0.05, 0.1) is 11.6 Å².